The summed E-state index contributed by atoms with van der Waals surface area (Å²) < 4.78 is 1.97. The second-order valence-corrected chi connectivity index (χ2v) is 5.36. The van der Waals surface area contributed by atoms with Crippen molar-refractivity contribution in [1.29, 1.82) is 0 Å². The molecule has 102 valence electrons. The molecule has 5 heteroatoms. The molecular formula is C14H20N4S. The van der Waals surface area contributed by atoms with Gasteiger partial charge >= 0.3 is 0 Å². The van der Waals surface area contributed by atoms with E-state index < -0.39 is 0 Å². The molecule has 2 aromatic rings. The fraction of sp³-hybridized carbons (Fsp3) is 0.429. The van der Waals surface area contributed by atoms with E-state index >= 15 is 0 Å². The van der Waals surface area contributed by atoms with Gasteiger partial charge in [-0.3, -0.25) is 4.57 Å². The molecule has 0 aliphatic heterocycles. The molecule has 2 rings (SSSR count). The van der Waals surface area contributed by atoms with Crippen LogP contribution in [0.25, 0.3) is 5.82 Å². The lowest BCUT2D eigenvalue weighted by molar-refractivity contribution is 0.842. The summed E-state index contributed by atoms with van der Waals surface area (Å²) in [7, 11) is 0. The highest BCUT2D eigenvalue weighted by Gasteiger charge is 2.01. The fourth-order valence-electron chi connectivity index (χ4n) is 1.86. The zero-order chi connectivity index (χ0) is 13.5. The predicted molar refractivity (Wildman–Crippen MR) is 82.2 cm³/mol. The van der Waals surface area contributed by atoms with E-state index in [1.807, 2.05) is 41.7 Å². The van der Waals surface area contributed by atoms with Gasteiger partial charge in [-0.25, -0.2) is 9.97 Å². The monoisotopic (exact) mass is 276 g/mol. The highest BCUT2D eigenvalue weighted by molar-refractivity contribution is 7.98. The molecule has 4 nitrogen and oxygen atoms in total. The molecular weight excluding hydrogens is 256 g/mol. The summed E-state index contributed by atoms with van der Waals surface area (Å²) in [6.45, 7) is 2.98. The summed E-state index contributed by atoms with van der Waals surface area (Å²) in [5.74, 6) is 3.09. The highest BCUT2D eigenvalue weighted by Crippen LogP contribution is 2.11. The van der Waals surface area contributed by atoms with Crippen LogP contribution in [0, 0.1) is 6.92 Å². The normalized spacial score (nSPS) is 10.6. The number of rotatable bonds is 7. The molecule has 0 unspecified atom stereocenters. The maximum atomic E-state index is 4.45. The van der Waals surface area contributed by atoms with Crippen LogP contribution in [0.3, 0.4) is 0 Å². The lowest BCUT2D eigenvalue weighted by atomic mass is 10.3. The van der Waals surface area contributed by atoms with Gasteiger partial charge < -0.3 is 5.32 Å². The molecule has 0 aromatic carbocycles. The molecule has 0 bridgehead atoms. The number of anilines is 1. The average molecular weight is 276 g/mol. The van der Waals surface area contributed by atoms with Crippen LogP contribution in [0.5, 0.6) is 0 Å². The minimum absolute atomic E-state index is 0.905. The predicted octanol–water partition coefficient (Wildman–Crippen LogP) is 3.13. The molecule has 1 N–H and O–H groups in total. The minimum atomic E-state index is 0.905. The molecule has 0 atom stereocenters. The first kappa shape index (κ1) is 13.9. The van der Waals surface area contributed by atoms with Gasteiger partial charge in [0.05, 0.1) is 11.9 Å². The zero-order valence-corrected chi connectivity index (χ0v) is 12.3. The van der Waals surface area contributed by atoms with Crippen LogP contribution in [-0.2, 0) is 0 Å². The molecule has 0 fully saturated rings. The largest absolute Gasteiger partial charge is 0.384 e. The van der Waals surface area contributed by atoms with Crippen molar-refractivity contribution in [3.63, 3.8) is 0 Å². The number of hydrogen-bond donors (Lipinski definition) is 1. The number of aromatic nitrogens is 3. The smallest absolute Gasteiger partial charge is 0.138 e. The van der Waals surface area contributed by atoms with Gasteiger partial charge in [-0.1, -0.05) is 0 Å². The molecule has 2 aromatic heterocycles. The van der Waals surface area contributed by atoms with Crippen molar-refractivity contribution in [1.82, 2.24) is 14.5 Å². The van der Waals surface area contributed by atoms with Gasteiger partial charge in [-0.05, 0) is 43.9 Å². The second-order valence-electron chi connectivity index (χ2n) is 4.38. The molecule has 19 heavy (non-hydrogen) atoms. The molecule has 0 saturated heterocycles. The van der Waals surface area contributed by atoms with Crippen LogP contribution in [0.15, 0.2) is 30.7 Å². The SMILES string of the molecule is CSCCCCNc1ccc(-n2ccnc2C)nc1. The van der Waals surface area contributed by atoms with Gasteiger partial charge in [0, 0.05) is 18.9 Å². The van der Waals surface area contributed by atoms with Crippen LogP contribution in [0.2, 0.25) is 0 Å². The number of hydrogen-bond acceptors (Lipinski definition) is 4. The quantitative estimate of drug-likeness (QED) is 0.789. The second kappa shape index (κ2) is 7.19. The Bertz CT molecular complexity index is 492. The molecule has 0 saturated carbocycles. The molecule has 0 aliphatic carbocycles. The molecule has 0 amide bonds. The van der Waals surface area contributed by atoms with Crippen LogP contribution < -0.4 is 5.32 Å². The zero-order valence-electron chi connectivity index (χ0n) is 11.5. The number of aryl methyl sites for hydroxylation is 1. The number of imidazole rings is 1. The van der Waals surface area contributed by atoms with Crippen molar-refractivity contribution in [2.24, 2.45) is 0 Å². The fourth-order valence-corrected chi connectivity index (χ4v) is 2.35. The van der Waals surface area contributed by atoms with Crippen LogP contribution in [0.4, 0.5) is 5.69 Å². The first-order chi connectivity index (χ1) is 9.31. The lowest BCUT2D eigenvalue weighted by Crippen LogP contribution is -2.04. The Hall–Kier alpha value is -1.49. The van der Waals surface area contributed by atoms with Gasteiger partial charge in [-0.15, -0.1) is 0 Å². The van der Waals surface area contributed by atoms with Crippen molar-refractivity contribution in [3.05, 3.63) is 36.5 Å². The third-order valence-electron chi connectivity index (χ3n) is 2.92. The summed E-state index contributed by atoms with van der Waals surface area (Å²) in [6.07, 6.45) is 10.2. The molecule has 0 spiro atoms. The van der Waals surface area contributed by atoms with E-state index in [2.05, 4.69) is 27.6 Å². The van der Waals surface area contributed by atoms with Gasteiger partial charge in [-0.2, -0.15) is 11.8 Å². The lowest BCUT2D eigenvalue weighted by Gasteiger charge is -2.08. The molecule has 0 aliphatic rings. The Morgan fingerprint density at radius 3 is 2.79 bits per heavy atom. The van der Waals surface area contributed by atoms with Gasteiger partial charge in [0.15, 0.2) is 0 Å². The van der Waals surface area contributed by atoms with E-state index in [-0.39, 0.29) is 0 Å². The Kier molecular flexibility index (Phi) is 5.27. The number of nitrogens with zero attached hydrogens (tertiary/aromatic N) is 3. The van der Waals surface area contributed by atoms with Crippen molar-refractivity contribution in [2.75, 3.05) is 23.9 Å². The first-order valence-electron chi connectivity index (χ1n) is 6.50. The Morgan fingerprint density at radius 1 is 1.26 bits per heavy atom. The average Bonchev–Trinajstić information content (AvgIpc) is 2.86. The van der Waals surface area contributed by atoms with E-state index in [0.29, 0.717) is 0 Å². The summed E-state index contributed by atoms with van der Waals surface area (Å²) in [6, 6.07) is 4.08. The van der Waals surface area contributed by atoms with Gasteiger partial charge in [0.2, 0.25) is 0 Å². The van der Waals surface area contributed by atoms with Crippen molar-refractivity contribution in [3.8, 4) is 5.82 Å². The number of nitrogens with one attached hydrogen (secondary N) is 1. The summed E-state index contributed by atoms with van der Waals surface area (Å²) in [4.78, 5) is 8.65. The maximum Gasteiger partial charge on any atom is 0.138 e. The topological polar surface area (TPSA) is 42.7 Å². The van der Waals surface area contributed by atoms with E-state index in [1.54, 1.807) is 6.20 Å². The van der Waals surface area contributed by atoms with Crippen LogP contribution >= 0.6 is 11.8 Å². The number of unbranched alkanes of at least 4 members (excludes halogenated alkanes) is 1. The first-order valence-corrected chi connectivity index (χ1v) is 7.90. The number of thioether (sulfide) groups is 1. The maximum absolute atomic E-state index is 4.45. The third kappa shape index (κ3) is 3.99. The molecule has 2 heterocycles. The van der Waals surface area contributed by atoms with Crippen LogP contribution in [0.1, 0.15) is 18.7 Å². The standard InChI is InChI=1S/C14H20N4S/c1-12-15-8-9-18(12)14-6-5-13(11-17-14)16-7-3-4-10-19-2/h5-6,8-9,11,16H,3-4,7,10H2,1-2H3. The van der Waals surface area contributed by atoms with Crippen molar-refractivity contribution >= 4 is 17.4 Å². The van der Waals surface area contributed by atoms with E-state index in [9.17, 15) is 0 Å². The Labute approximate surface area is 118 Å². The third-order valence-corrected chi connectivity index (χ3v) is 3.62. The summed E-state index contributed by atoms with van der Waals surface area (Å²) >= 11 is 1.90. The molecule has 0 radical (unpaired) electrons. The van der Waals surface area contributed by atoms with Crippen LogP contribution in [-0.4, -0.2) is 33.1 Å². The van der Waals surface area contributed by atoms with Gasteiger partial charge in [0.25, 0.3) is 0 Å². The van der Waals surface area contributed by atoms with Crippen molar-refractivity contribution in [2.45, 2.75) is 19.8 Å². The van der Waals surface area contributed by atoms with E-state index in [1.165, 1.54) is 18.6 Å². The number of pyridine rings is 1. The summed E-state index contributed by atoms with van der Waals surface area (Å²) in [5, 5.41) is 3.39. The minimum Gasteiger partial charge on any atom is -0.384 e. The Morgan fingerprint density at radius 2 is 2.16 bits per heavy atom. The van der Waals surface area contributed by atoms with E-state index in [4.69, 9.17) is 0 Å². The van der Waals surface area contributed by atoms with E-state index in [0.717, 1.165) is 23.9 Å². The highest BCUT2D eigenvalue weighted by atomic mass is 32.2. The summed E-state index contributed by atoms with van der Waals surface area (Å²) in [5.41, 5.74) is 1.07. The van der Waals surface area contributed by atoms with Gasteiger partial charge in [0.1, 0.15) is 11.6 Å². The van der Waals surface area contributed by atoms with Crippen molar-refractivity contribution < 1.29 is 0 Å². The Balaban J connectivity index is 1.87.